The molecule has 0 radical (unpaired) electrons. The Bertz CT molecular complexity index is 533. The third-order valence-electron chi connectivity index (χ3n) is 3.75. The van der Waals surface area contributed by atoms with Gasteiger partial charge in [0.2, 0.25) is 0 Å². The molecule has 0 aliphatic heterocycles. The van der Waals surface area contributed by atoms with Crippen molar-refractivity contribution in [1.82, 2.24) is 20.3 Å². The zero-order valence-electron chi connectivity index (χ0n) is 12.6. The third-order valence-corrected chi connectivity index (χ3v) is 3.75. The molecule has 0 amide bonds. The number of hydrogen-bond acceptors (Lipinski definition) is 3. The summed E-state index contributed by atoms with van der Waals surface area (Å²) in [4.78, 5) is 0. The van der Waals surface area contributed by atoms with Crippen LogP contribution in [0.2, 0.25) is 0 Å². The second kappa shape index (κ2) is 7.20. The van der Waals surface area contributed by atoms with Crippen LogP contribution in [0.1, 0.15) is 42.6 Å². The number of benzene rings is 1. The molecule has 4 heteroatoms. The van der Waals surface area contributed by atoms with Crippen LogP contribution in [0.25, 0.3) is 0 Å². The van der Waals surface area contributed by atoms with Crippen molar-refractivity contribution < 1.29 is 0 Å². The molecule has 108 valence electrons. The van der Waals surface area contributed by atoms with E-state index in [-0.39, 0.29) is 0 Å². The summed E-state index contributed by atoms with van der Waals surface area (Å²) >= 11 is 0. The van der Waals surface area contributed by atoms with E-state index in [4.69, 9.17) is 0 Å². The topological polar surface area (TPSA) is 42.7 Å². The first-order valence-electron chi connectivity index (χ1n) is 7.36. The Hall–Kier alpha value is -1.68. The van der Waals surface area contributed by atoms with Crippen LogP contribution >= 0.6 is 0 Å². The SMILES string of the molecule is CCCn1nncc1C(CCc1ccccc1C)NC. The van der Waals surface area contributed by atoms with Gasteiger partial charge in [0.05, 0.1) is 17.9 Å². The molecule has 2 rings (SSSR count). The summed E-state index contributed by atoms with van der Waals surface area (Å²) < 4.78 is 2.01. The zero-order valence-corrected chi connectivity index (χ0v) is 12.6. The molecule has 0 saturated carbocycles. The number of nitrogens with one attached hydrogen (secondary N) is 1. The molecule has 1 N–H and O–H groups in total. The summed E-state index contributed by atoms with van der Waals surface area (Å²) in [6.07, 6.45) is 5.08. The van der Waals surface area contributed by atoms with Gasteiger partial charge in [0.1, 0.15) is 0 Å². The van der Waals surface area contributed by atoms with E-state index in [0.717, 1.165) is 25.8 Å². The Kier molecular flexibility index (Phi) is 5.30. The lowest BCUT2D eigenvalue weighted by atomic mass is 10.00. The predicted octanol–water partition coefficient (Wildman–Crippen LogP) is 2.89. The van der Waals surface area contributed by atoms with Gasteiger partial charge in [-0.2, -0.15) is 0 Å². The van der Waals surface area contributed by atoms with E-state index in [0.29, 0.717) is 6.04 Å². The van der Waals surface area contributed by atoms with Gasteiger partial charge in [-0.3, -0.25) is 0 Å². The van der Waals surface area contributed by atoms with E-state index in [9.17, 15) is 0 Å². The van der Waals surface area contributed by atoms with Crippen molar-refractivity contribution in [3.05, 3.63) is 47.3 Å². The summed E-state index contributed by atoms with van der Waals surface area (Å²) in [5.74, 6) is 0. The van der Waals surface area contributed by atoms with E-state index in [1.807, 2.05) is 17.9 Å². The molecule has 1 unspecified atom stereocenters. The zero-order chi connectivity index (χ0) is 14.4. The molecule has 1 aromatic heterocycles. The van der Waals surface area contributed by atoms with Gasteiger partial charge in [0.25, 0.3) is 0 Å². The van der Waals surface area contributed by atoms with Crippen LogP contribution in [0.15, 0.2) is 30.5 Å². The van der Waals surface area contributed by atoms with Crippen LogP contribution in [0.3, 0.4) is 0 Å². The average Bonchev–Trinajstić information content (AvgIpc) is 2.90. The van der Waals surface area contributed by atoms with Crippen LogP contribution in [0, 0.1) is 6.92 Å². The molecule has 0 bridgehead atoms. The fraction of sp³-hybridized carbons (Fsp3) is 0.500. The smallest absolute Gasteiger partial charge is 0.0756 e. The fourth-order valence-corrected chi connectivity index (χ4v) is 2.55. The molecule has 0 aliphatic carbocycles. The summed E-state index contributed by atoms with van der Waals surface area (Å²) in [7, 11) is 2.01. The second-order valence-electron chi connectivity index (χ2n) is 5.19. The lowest BCUT2D eigenvalue weighted by Crippen LogP contribution is -2.21. The Balaban J connectivity index is 2.06. The molecular formula is C16H24N4. The summed E-state index contributed by atoms with van der Waals surface area (Å²) in [5.41, 5.74) is 3.97. The van der Waals surface area contributed by atoms with Crippen LogP contribution in [0.5, 0.6) is 0 Å². The van der Waals surface area contributed by atoms with Crippen LogP contribution in [0.4, 0.5) is 0 Å². The second-order valence-corrected chi connectivity index (χ2v) is 5.19. The molecule has 0 spiro atoms. The van der Waals surface area contributed by atoms with Crippen molar-refractivity contribution in [2.75, 3.05) is 7.05 Å². The van der Waals surface area contributed by atoms with Crippen LogP contribution in [-0.2, 0) is 13.0 Å². The third kappa shape index (κ3) is 3.45. The lowest BCUT2D eigenvalue weighted by molar-refractivity contribution is 0.472. The number of nitrogens with zero attached hydrogens (tertiary/aromatic N) is 3. The Morgan fingerprint density at radius 1 is 1.30 bits per heavy atom. The molecule has 1 aromatic carbocycles. The number of rotatable bonds is 7. The summed E-state index contributed by atoms with van der Waals surface area (Å²) in [6, 6.07) is 8.89. The van der Waals surface area contributed by atoms with Gasteiger partial charge in [0.15, 0.2) is 0 Å². The molecule has 2 aromatic rings. The molecule has 0 saturated heterocycles. The minimum absolute atomic E-state index is 0.302. The molecule has 4 nitrogen and oxygen atoms in total. The summed E-state index contributed by atoms with van der Waals surface area (Å²) in [6.45, 7) is 5.26. The van der Waals surface area contributed by atoms with E-state index >= 15 is 0 Å². The standard InChI is InChI=1S/C16H24N4/c1-4-11-20-16(12-18-19-20)15(17-3)10-9-14-8-6-5-7-13(14)2/h5-8,12,15,17H,4,9-11H2,1-3H3. The molecule has 20 heavy (non-hydrogen) atoms. The average molecular weight is 272 g/mol. The molecule has 1 atom stereocenters. The minimum Gasteiger partial charge on any atom is -0.312 e. The van der Waals surface area contributed by atoms with Crippen LogP contribution in [-0.4, -0.2) is 22.0 Å². The molecule has 1 heterocycles. The highest BCUT2D eigenvalue weighted by Gasteiger charge is 2.15. The summed E-state index contributed by atoms with van der Waals surface area (Å²) in [5, 5.41) is 11.6. The van der Waals surface area contributed by atoms with E-state index < -0.39 is 0 Å². The number of aryl methyl sites for hydroxylation is 3. The van der Waals surface area contributed by atoms with E-state index in [1.165, 1.54) is 16.8 Å². The van der Waals surface area contributed by atoms with Crippen molar-refractivity contribution in [2.24, 2.45) is 0 Å². The van der Waals surface area contributed by atoms with Crippen molar-refractivity contribution in [2.45, 2.75) is 45.7 Å². The molecule has 0 aliphatic rings. The van der Waals surface area contributed by atoms with Crippen LogP contribution < -0.4 is 5.32 Å². The van der Waals surface area contributed by atoms with E-state index in [2.05, 4.69) is 53.7 Å². The van der Waals surface area contributed by atoms with Gasteiger partial charge in [-0.15, -0.1) is 5.10 Å². The monoisotopic (exact) mass is 272 g/mol. The molecular weight excluding hydrogens is 248 g/mol. The van der Waals surface area contributed by atoms with Crippen molar-refractivity contribution in [1.29, 1.82) is 0 Å². The Morgan fingerprint density at radius 3 is 2.80 bits per heavy atom. The first-order valence-corrected chi connectivity index (χ1v) is 7.36. The van der Waals surface area contributed by atoms with Gasteiger partial charge in [-0.1, -0.05) is 36.4 Å². The minimum atomic E-state index is 0.302. The maximum atomic E-state index is 4.17. The quantitative estimate of drug-likeness (QED) is 0.842. The first kappa shape index (κ1) is 14.7. The highest BCUT2D eigenvalue weighted by molar-refractivity contribution is 5.25. The largest absolute Gasteiger partial charge is 0.312 e. The van der Waals surface area contributed by atoms with Gasteiger partial charge < -0.3 is 5.32 Å². The van der Waals surface area contributed by atoms with Gasteiger partial charge in [-0.05, 0) is 44.4 Å². The van der Waals surface area contributed by atoms with Crippen molar-refractivity contribution in [3.63, 3.8) is 0 Å². The van der Waals surface area contributed by atoms with Gasteiger partial charge in [-0.25, -0.2) is 4.68 Å². The van der Waals surface area contributed by atoms with Crippen molar-refractivity contribution >= 4 is 0 Å². The van der Waals surface area contributed by atoms with Gasteiger partial charge >= 0.3 is 0 Å². The maximum absolute atomic E-state index is 4.17. The number of hydrogen-bond donors (Lipinski definition) is 1. The Labute approximate surface area is 121 Å². The molecule has 0 fully saturated rings. The van der Waals surface area contributed by atoms with Gasteiger partial charge in [0, 0.05) is 6.54 Å². The fourth-order valence-electron chi connectivity index (χ4n) is 2.55. The number of aromatic nitrogens is 3. The first-order chi connectivity index (χ1) is 9.76. The highest BCUT2D eigenvalue weighted by Crippen LogP contribution is 2.19. The Morgan fingerprint density at radius 2 is 2.10 bits per heavy atom. The van der Waals surface area contributed by atoms with E-state index in [1.54, 1.807) is 0 Å². The van der Waals surface area contributed by atoms with Crippen molar-refractivity contribution in [3.8, 4) is 0 Å². The lowest BCUT2D eigenvalue weighted by Gasteiger charge is -2.17. The maximum Gasteiger partial charge on any atom is 0.0756 e. The normalized spacial score (nSPS) is 12.6. The highest BCUT2D eigenvalue weighted by atomic mass is 15.4. The predicted molar refractivity (Wildman–Crippen MR) is 81.6 cm³/mol.